The number of hydrogen-bond acceptors (Lipinski definition) is 6. The molecule has 164 valence electrons. The highest BCUT2D eigenvalue weighted by Crippen LogP contribution is 2.48. The van der Waals surface area contributed by atoms with Crippen LogP contribution in [0.4, 0.5) is 4.39 Å². The van der Waals surface area contributed by atoms with Crippen LogP contribution in [0.1, 0.15) is 50.4 Å². The van der Waals surface area contributed by atoms with Gasteiger partial charge in [-0.25, -0.2) is 14.4 Å². The van der Waals surface area contributed by atoms with E-state index in [4.69, 9.17) is 4.74 Å². The van der Waals surface area contributed by atoms with Crippen LogP contribution in [0.2, 0.25) is 0 Å². The van der Waals surface area contributed by atoms with E-state index in [2.05, 4.69) is 21.0 Å². The first-order chi connectivity index (χ1) is 15.2. The topological polar surface area (TPSA) is 91.9 Å². The van der Waals surface area contributed by atoms with E-state index in [9.17, 15) is 14.8 Å². The van der Waals surface area contributed by atoms with Gasteiger partial charge in [-0.2, -0.15) is 5.26 Å². The summed E-state index contributed by atoms with van der Waals surface area (Å²) in [7, 11) is 1.48. The number of ether oxygens (including phenoxy) is 1. The van der Waals surface area contributed by atoms with Crippen molar-refractivity contribution in [3.8, 4) is 23.1 Å². The smallest absolute Gasteiger partial charge is 0.222 e. The monoisotopic (exact) mass is 432 g/mol. The summed E-state index contributed by atoms with van der Waals surface area (Å²) in [6.45, 7) is 5.66. The maximum atomic E-state index is 14.9. The molecule has 0 radical (unpaired) electrons. The summed E-state index contributed by atoms with van der Waals surface area (Å²) in [5.74, 6) is -0.140. The first-order valence-electron chi connectivity index (χ1n) is 10.4. The molecule has 1 aliphatic rings. The molecular formula is C25H25FN4O2. The lowest BCUT2D eigenvalue weighted by Gasteiger charge is -2.40. The molecule has 1 aromatic carbocycles. The lowest BCUT2D eigenvalue weighted by atomic mass is 9.70. The van der Waals surface area contributed by atoms with Crippen LogP contribution in [0.3, 0.4) is 0 Å². The van der Waals surface area contributed by atoms with E-state index in [1.165, 1.54) is 31.9 Å². The molecule has 32 heavy (non-hydrogen) atoms. The lowest BCUT2D eigenvalue weighted by Crippen LogP contribution is -2.42. The Kier molecular flexibility index (Phi) is 5.22. The minimum atomic E-state index is -1.55. The van der Waals surface area contributed by atoms with Crippen molar-refractivity contribution in [1.29, 1.82) is 5.26 Å². The average molecular weight is 432 g/mol. The van der Waals surface area contributed by atoms with E-state index >= 15 is 0 Å². The highest BCUT2D eigenvalue weighted by molar-refractivity contribution is 5.64. The van der Waals surface area contributed by atoms with Gasteiger partial charge >= 0.3 is 0 Å². The molecule has 1 saturated carbocycles. The van der Waals surface area contributed by atoms with Gasteiger partial charge in [-0.15, -0.1) is 0 Å². The molecule has 1 N–H and O–H groups in total. The number of benzene rings is 1. The van der Waals surface area contributed by atoms with Crippen molar-refractivity contribution in [2.45, 2.75) is 44.6 Å². The zero-order chi connectivity index (χ0) is 23.1. The molecule has 0 aliphatic heterocycles. The van der Waals surface area contributed by atoms with E-state index in [1.807, 2.05) is 20.8 Å². The summed E-state index contributed by atoms with van der Waals surface area (Å²) in [5, 5.41) is 21.2. The van der Waals surface area contributed by atoms with Crippen molar-refractivity contribution in [2.75, 3.05) is 7.11 Å². The second kappa shape index (κ2) is 7.64. The fourth-order valence-corrected chi connectivity index (χ4v) is 4.06. The molecular weight excluding hydrogens is 407 g/mol. The first-order valence-corrected chi connectivity index (χ1v) is 10.4. The third-order valence-corrected chi connectivity index (χ3v) is 6.28. The molecule has 7 heteroatoms. The highest BCUT2D eigenvalue weighted by atomic mass is 19.1. The average Bonchev–Trinajstić information content (AvgIpc) is 3.59. The van der Waals surface area contributed by atoms with E-state index in [0.717, 1.165) is 12.8 Å². The van der Waals surface area contributed by atoms with Gasteiger partial charge < -0.3 is 9.84 Å². The number of pyridine rings is 1. The van der Waals surface area contributed by atoms with Crippen molar-refractivity contribution < 1.29 is 14.2 Å². The Labute approximate surface area is 186 Å². The van der Waals surface area contributed by atoms with Crippen LogP contribution >= 0.6 is 0 Å². The highest BCUT2D eigenvalue weighted by Gasteiger charge is 2.47. The Morgan fingerprint density at radius 3 is 2.41 bits per heavy atom. The van der Waals surface area contributed by atoms with Crippen LogP contribution in [-0.4, -0.2) is 27.2 Å². The second-order valence-electron chi connectivity index (χ2n) is 9.23. The maximum Gasteiger partial charge on any atom is 0.222 e. The van der Waals surface area contributed by atoms with E-state index in [1.54, 1.807) is 24.3 Å². The van der Waals surface area contributed by atoms with E-state index in [0.29, 0.717) is 27.9 Å². The lowest BCUT2D eigenvalue weighted by molar-refractivity contribution is -0.0319. The predicted octanol–water partition coefficient (Wildman–Crippen LogP) is 4.52. The molecule has 1 atom stereocenters. The predicted molar refractivity (Wildman–Crippen MR) is 117 cm³/mol. The first kappa shape index (κ1) is 21.8. The van der Waals surface area contributed by atoms with Crippen molar-refractivity contribution in [2.24, 2.45) is 5.41 Å². The van der Waals surface area contributed by atoms with Gasteiger partial charge in [-0.1, -0.05) is 39.0 Å². The van der Waals surface area contributed by atoms with E-state index in [-0.39, 0.29) is 5.88 Å². The summed E-state index contributed by atoms with van der Waals surface area (Å²) in [6, 6.07) is 10.6. The van der Waals surface area contributed by atoms with Crippen LogP contribution in [0.25, 0.3) is 11.1 Å². The minimum Gasteiger partial charge on any atom is -0.481 e. The molecule has 2 heterocycles. The van der Waals surface area contributed by atoms with Gasteiger partial charge in [0.25, 0.3) is 0 Å². The molecule has 0 saturated heterocycles. The van der Waals surface area contributed by atoms with Gasteiger partial charge in [0.2, 0.25) is 5.88 Å². The van der Waals surface area contributed by atoms with Crippen molar-refractivity contribution in [3.63, 3.8) is 0 Å². The zero-order valence-corrected chi connectivity index (χ0v) is 18.6. The number of nitriles is 1. The quantitative estimate of drug-likeness (QED) is 0.637. The number of aliphatic hydroxyl groups is 1. The molecule has 0 bridgehead atoms. The maximum absolute atomic E-state index is 14.9. The second-order valence-corrected chi connectivity index (χ2v) is 9.23. The Bertz CT molecular complexity index is 1190. The van der Waals surface area contributed by atoms with Gasteiger partial charge in [0.15, 0.2) is 0 Å². The summed E-state index contributed by atoms with van der Waals surface area (Å²) in [5.41, 5.74) is -0.315. The molecule has 4 rings (SSSR count). The largest absolute Gasteiger partial charge is 0.481 e. The van der Waals surface area contributed by atoms with E-state index < -0.39 is 22.2 Å². The Morgan fingerprint density at radius 1 is 1.12 bits per heavy atom. The molecule has 3 aromatic rings. The van der Waals surface area contributed by atoms with Gasteiger partial charge in [0.05, 0.1) is 29.9 Å². The van der Waals surface area contributed by atoms with Crippen molar-refractivity contribution in [1.82, 2.24) is 15.0 Å². The Balaban J connectivity index is 1.74. The summed E-state index contributed by atoms with van der Waals surface area (Å²) in [6.07, 6.45) is 5.94. The van der Waals surface area contributed by atoms with Crippen molar-refractivity contribution >= 4 is 0 Å². The van der Waals surface area contributed by atoms with Gasteiger partial charge in [-0.05, 0) is 30.5 Å². The molecule has 2 aromatic heterocycles. The molecule has 1 aliphatic carbocycles. The fraction of sp³-hybridized carbons (Fsp3) is 0.360. The molecule has 6 nitrogen and oxygen atoms in total. The van der Waals surface area contributed by atoms with Gasteiger partial charge in [0, 0.05) is 28.9 Å². The Morgan fingerprint density at radius 2 is 1.88 bits per heavy atom. The van der Waals surface area contributed by atoms with Crippen LogP contribution in [-0.2, 0) is 11.0 Å². The summed E-state index contributed by atoms with van der Waals surface area (Å²) >= 11 is 0. The van der Waals surface area contributed by atoms with Gasteiger partial charge in [0.1, 0.15) is 17.7 Å². The third kappa shape index (κ3) is 3.41. The minimum absolute atomic E-state index is 0.261. The fourth-order valence-electron chi connectivity index (χ4n) is 4.06. The molecule has 0 spiro atoms. The third-order valence-electron chi connectivity index (χ3n) is 6.28. The standard InChI is InChI=1S/C25H25FN4O2/c1-23(2,3)25(31,19-13-28-15-30-22(19)32-4)21-8-5-16(12-29-21)18-7-6-17(11-20(18)26)24(14-27)9-10-24/h5-8,11-13,15,31H,9-10H2,1-4H3. The number of halogens is 1. The van der Waals surface area contributed by atoms with Crippen LogP contribution < -0.4 is 4.74 Å². The van der Waals surface area contributed by atoms with Crippen LogP contribution in [0.5, 0.6) is 5.88 Å². The zero-order valence-electron chi connectivity index (χ0n) is 18.6. The number of rotatable bonds is 5. The van der Waals surface area contributed by atoms with Crippen LogP contribution in [0, 0.1) is 22.6 Å². The van der Waals surface area contributed by atoms with Crippen LogP contribution in [0.15, 0.2) is 49.1 Å². The molecule has 0 amide bonds. The Hall–Kier alpha value is -3.37. The number of hydrogen-bond donors (Lipinski definition) is 1. The normalized spacial score (nSPS) is 16.7. The SMILES string of the molecule is COc1ncncc1C(O)(c1ccc(-c2ccc(C3(C#N)CC3)cc2F)cn1)C(C)(C)C. The van der Waals surface area contributed by atoms with Crippen molar-refractivity contribution in [3.05, 3.63) is 71.7 Å². The number of nitrogens with zero attached hydrogens (tertiary/aromatic N) is 4. The number of aromatic nitrogens is 3. The van der Waals surface area contributed by atoms with Gasteiger partial charge in [-0.3, -0.25) is 4.98 Å². The number of methoxy groups -OCH3 is 1. The summed E-state index contributed by atoms with van der Waals surface area (Å²) in [4.78, 5) is 12.7. The summed E-state index contributed by atoms with van der Waals surface area (Å²) < 4.78 is 20.3. The molecule has 1 fully saturated rings. The molecule has 1 unspecified atom stereocenters.